The predicted molar refractivity (Wildman–Crippen MR) is 123 cm³/mol. The van der Waals surface area contributed by atoms with Crippen molar-refractivity contribution in [2.75, 3.05) is 5.32 Å². The number of amides is 1. The molecular formula is C22H17F4IN4O. The van der Waals surface area contributed by atoms with Crippen LogP contribution in [0.4, 0.5) is 23.4 Å². The molecule has 10 heteroatoms. The molecule has 1 aromatic carbocycles. The van der Waals surface area contributed by atoms with Gasteiger partial charge in [0, 0.05) is 36.0 Å². The average Bonchev–Trinajstić information content (AvgIpc) is 3.20. The summed E-state index contributed by atoms with van der Waals surface area (Å²) in [6, 6.07) is 7.90. The number of hydrogen-bond donors (Lipinski definition) is 1. The molecule has 0 fully saturated rings. The molecule has 2 heterocycles. The van der Waals surface area contributed by atoms with Crippen molar-refractivity contribution in [1.82, 2.24) is 14.8 Å². The Kier molecular flexibility index (Phi) is 6.50. The maximum atomic E-state index is 14.4. The largest absolute Gasteiger partial charge is 0.317 e. The zero-order valence-electron chi connectivity index (χ0n) is 17.0. The van der Waals surface area contributed by atoms with Gasteiger partial charge in [-0.15, -0.1) is 11.5 Å². The number of carbonyl (C=O) groups is 1. The summed E-state index contributed by atoms with van der Waals surface area (Å²) in [6.45, 7) is 2.23. The smallest absolute Gasteiger partial charge is 0.305 e. The van der Waals surface area contributed by atoms with Crippen LogP contribution in [0.15, 0.2) is 42.6 Å². The number of alkyl halides is 5. The van der Waals surface area contributed by atoms with Gasteiger partial charge >= 0.3 is 3.93 Å². The molecule has 166 valence electrons. The quantitative estimate of drug-likeness (QED) is 0.192. The second-order valence-corrected chi connectivity index (χ2v) is 8.94. The van der Waals surface area contributed by atoms with E-state index in [1.165, 1.54) is 36.5 Å². The Morgan fingerprint density at radius 1 is 1.22 bits per heavy atom. The Bertz CT molecular complexity index is 1240. The standard InChI is InChI=1S/C22H17F4IN4O/c1-5-14-17(22(25,26)27-4)12-13(2)28-19(14)31-11-10-18(30-31)29-20(32)15-8-6-7-9-16(15)21(3,23)24/h1,6-12H,4H2,2-3H3,(H,29,30,32). The van der Waals surface area contributed by atoms with Crippen molar-refractivity contribution in [1.29, 1.82) is 0 Å². The van der Waals surface area contributed by atoms with Gasteiger partial charge in [0.15, 0.2) is 11.6 Å². The summed E-state index contributed by atoms with van der Waals surface area (Å²) >= 11 is -1.74. The van der Waals surface area contributed by atoms with Crippen LogP contribution in [0, 0.1) is 19.3 Å². The zero-order valence-corrected chi connectivity index (χ0v) is 19.1. The first-order valence-electron chi connectivity index (χ1n) is 9.08. The van der Waals surface area contributed by atoms with Crippen molar-refractivity contribution >= 4 is 37.0 Å². The number of pyridine rings is 1. The van der Waals surface area contributed by atoms with E-state index in [1.54, 1.807) is 6.92 Å². The lowest BCUT2D eigenvalue weighted by molar-refractivity contribution is 0.0165. The fraction of sp³-hybridized carbons (Fsp3) is 0.182. The van der Waals surface area contributed by atoms with Crippen LogP contribution < -0.4 is 5.32 Å². The second-order valence-electron chi connectivity index (χ2n) is 6.82. The van der Waals surface area contributed by atoms with Gasteiger partial charge in [-0.1, -0.05) is 28.6 Å². The van der Waals surface area contributed by atoms with Crippen LogP contribution >= 0.6 is 20.7 Å². The van der Waals surface area contributed by atoms with Crippen LogP contribution in [0.1, 0.15) is 39.7 Å². The summed E-state index contributed by atoms with van der Waals surface area (Å²) < 4.78 is 57.9. The highest BCUT2D eigenvalue weighted by atomic mass is 127. The Hall–Kier alpha value is -3.07. The van der Waals surface area contributed by atoms with Crippen LogP contribution in [0.25, 0.3) is 5.82 Å². The molecule has 0 saturated carbocycles. The minimum atomic E-state index is -3.22. The molecular weight excluding hydrogens is 539 g/mol. The molecule has 2 aromatic heterocycles. The predicted octanol–water partition coefficient (Wildman–Crippen LogP) is 5.37. The third-order valence-electron chi connectivity index (χ3n) is 4.44. The van der Waals surface area contributed by atoms with Crippen LogP contribution in [-0.4, -0.2) is 25.2 Å². The number of rotatable bonds is 6. The van der Waals surface area contributed by atoms with Gasteiger partial charge < -0.3 is 5.32 Å². The molecule has 0 bridgehead atoms. The van der Waals surface area contributed by atoms with Crippen LogP contribution in [0.3, 0.4) is 0 Å². The minimum Gasteiger partial charge on any atom is -0.305 e. The normalized spacial score (nSPS) is 11.8. The van der Waals surface area contributed by atoms with E-state index in [9.17, 15) is 22.4 Å². The third kappa shape index (κ3) is 4.72. The summed E-state index contributed by atoms with van der Waals surface area (Å²) in [7, 11) is 0. The van der Waals surface area contributed by atoms with Crippen LogP contribution in [-0.2, 0) is 9.85 Å². The number of aryl methyl sites for hydroxylation is 1. The summed E-state index contributed by atoms with van der Waals surface area (Å²) in [4.78, 5) is 16.8. The van der Waals surface area contributed by atoms with Gasteiger partial charge in [0.25, 0.3) is 11.8 Å². The fourth-order valence-electron chi connectivity index (χ4n) is 3.02. The van der Waals surface area contributed by atoms with E-state index in [1.807, 2.05) is 0 Å². The highest BCUT2D eigenvalue weighted by molar-refractivity contribution is 14.2. The Balaban J connectivity index is 1.99. The Morgan fingerprint density at radius 3 is 2.53 bits per heavy atom. The molecule has 0 radical (unpaired) electrons. The maximum absolute atomic E-state index is 14.4. The van der Waals surface area contributed by atoms with E-state index < -0.39 is 42.1 Å². The van der Waals surface area contributed by atoms with Gasteiger partial charge in [0.05, 0.1) is 11.1 Å². The monoisotopic (exact) mass is 556 g/mol. The number of anilines is 1. The van der Waals surface area contributed by atoms with E-state index in [0.717, 1.165) is 10.7 Å². The number of hydrogen-bond acceptors (Lipinski definition) is 3. The fourth-order valence-corrected chi connectivity index (χ4v) is 3.85. The first-order valence-corrected chi connectivity index (χ1v) is 11.7. The van der Waals surface area contributed by atoms with E-state index in [4.69, 9.17) is 6.42 Å². The molecule has 5 nitrogen and oxygen atoms in total. The van der Waals surface area contributed by atoms with Crippen molar-refractivity contribution in [2.24, 2.45) is 0 Å². The van der Waals surface area contributed by atoms with Crippen LogP contribution in [0.5, 0.6) is 0 Å². The molecule has 0 spiro atoms. The number of nitrogens with one attached hydrogen (secondary N) is 1. The van der Waals surface area contributed by atoms with Crippen molar-refractivity contribution in [3.05, 3.63) is 70.5 Å². The number of aromatic nitrogens is 3. The van der Waals surface area contributed by atoms with Crippen molar-refractivity contribution < 1.29 is 22.4 Å². The second kappa shape index (κ2) is 8.82. The maximum Gasteiger partial charge on any atom is 0.317 e. The number of terminal acetylenes is 1. The molecule has 1 N–H and O–H groups in total. The van der Waals surface area contributed by atoms with E-state index in [-0.39, 0.29) is 28.3 Å². The molecule has 0 aliphatic rings. The lowest BCUT2D eigenvalue weighted by atomic mass is 10.0. The number of nitrogens with zero attached hydrogens (tertiary/aromatic N) is 3. The van der Waals surface area contributed by atoms with E-state index in [0.29, 0.717) is 12.6 Å². The molecule has 0 aliphatic heterocycles. The molecule has 0 aliphatic carbocycles. The molecule has 0 atom stereocenters. The van der Waals surface area contributed by atoms with Gasteiger partial charge in [-0.05, 0) is 39.8 Å². The highest BCUT2D eigenvalue weighted by Crippen LogP contribution is 2.41. The Labute approximate surface area is 191 Å². The first kappa shape index (κ1) is 23.6. The lowest BCUT2D eigenvalue weighted by Crippen LogP contribution is -2.19. The van der Waals surface area contributed by atoms with Gasteiger partial charge in [-0.2, -0.15) is 8.78 Å². The molecule has 0 saturated heterocycles. The molecule has 1 amide bonds. The lowest BCUT2D eigenvalue weighted by Gasteiger charge is -2.16. The minimum absolute atomic E-state index is 0.00777. The van der Waals surface area contributed by atoms with E-state index in [2.05, 4.69) is 25.8 Å². The van der Waals surface area contributed by atoms with Gasteiger partial charge in [-0.25, -0.2) is 18.4 Å². The number of halogens is 5. The first-order chi connectivity index (χ1) is 15.0. The van der Waals surface area contributed by atoms with E-state index >= 15 is 0 Å². The molecule has 32 heavy (non-hydrogen) atoms. The van der Waals surface area contributed by atoms with Crippen molar-refractivity contribution in [3.63, 3.8) is 0 Å². The molecule has 0 unspecified atom stereocenters. The molecule has 3 rings (SSSR count). The number of benzene rings is 1. The summed E-state index contributed by atoms with van der Waals surface area (Å²) in [6.07, 6.45) is 6.87. The van der Waals surface area contributed by atoms with Gasteiger partial charge in [0.1, 0.15) is 0 Å². The summed E-state index contributed by atoms with van der Waals surface area (Å²) in [5.41, 5.74) is -0.846. The zero-order chi connectivity index (χ0) is 23.7. The van der Waals surface area contributed by atoms with Crippen molar-refractivity contribution in [2.45, 2.75) is 23.7 Å². The van der Waals surface area contributed by atoms with Crippen molar-refractivity contribution in [3.8, 4) is 18.2 Å². The van der Waals surface area contributed by atoms with Gasteiger partial charge in [0.2, 0.25) is 0 Å². The number of carbonyl (C=O) groups excluding carboxylic acids is 1. The van der Waals surface area contributed by atoms with Gasteiger partial charge in [-0.3, -0.25) is 4.79 Å². The average molecular weight is 556 g/mol. The Morgan fingerprint density at radius 2 is 1.91 bits per heavy atom. The molecule has 3 aromatic rings. The third-order valence-corrected chi connectivity index (χ3v) is 5.98. The SMILES string of the molecule is C#Cc1c(C(F)(F)I=C)cc(C)nc1-n1ccc(NC(=O)c2ccccc2C(C)(F)F)n1. The topological polar surface area (TPSA) is 59.8 Å². The van der Waals surface area contributed by atoms with Crippen LogP contribution in [0.2, 0.25) is 0 Å². The highest BCUT2D eigenvalue weighted by Gasteiger charge is 2.33. The summed E-state index contributed by atoms with van der Waals surface area (Å²) in [5, 5.41) is 6.56. The summed E-state index contributed by atoms with van der Waals surface area (Å²) in [5.74, 6) is -1.78.